The lowest BCUT2D eigenvalue weighted by Crippen LogP contribution is -2.54. The van der Waals surface area contributed by atoms with Gasteiger partial charge in [0.05, 0.1) is 28.3 Å². The second kappa shape index (κ2) is 13.9. The monoisotopic (exact) mass is 655 g/mol. The number of anilines is 1. The fourth-order valence-corrected chi connectivity index (χ4v) is 5.17. The molecule has 1 fully saturated rings. The van der Waals surface area contributed by atoms with Gasteiger partial charge in [-0.2, -0.15) is 13.2 Å². The third kappa shape index (κ3) is 9.91. The minimum atomic E-state index is -4.78. The molecule has 12 nitrogen and oxygen atoms in total. The van der Waals surface area contributed by atoms with Crippen LogP contribution in [0.15, 0.2) is 47.4 Å². The summed E-state index contributed by atoms with van der Waals surface area (Å²) >= 11 is 0. The van der Waals surface area contributed by atoms with E-state index in [0.29, 0.717) is 18.9 Å². The maximum atomic E-state index is 13.5. The zero-order valence-corrected chi connectivity index (χ0v) is 26.0. The number of nitrogens with two attached hydrogens (primary N) is 1. The van der Waals surface area contributed by atoms with E-state index in [-0.39, 0.29) is 16.1 Å². The van der Waals surface area contributed by atoms with Crippen LogP contribution in [-0.4, -0.2) is 63.5 Å². The number of sulfonamides is 1. The van der Waals surface area contributed by atoms with E-state index >= 15 is 0 Å². The number of nitrogens with zero attached hydrogens (tertiary/aromatic N) is 1. The summed E-state index contributed by atoms with van der Waals surface area (Å²) in [4.78, 5) is 52.0. The fraction of sp³-hybridized carbons (Fsp3) is 0.448. The molecule has 0 saturated heterocycles. The lowest BCUT2D eigenvalue weighted by atomic mass is 9.90. The molecule has 0 aliphatic heterocycles. The van der Waals surface area contributed by atoms with Gasteiger partial charge in [-0.05, 0) is 76.1 Å². The van der Waals surface area contributed by atoms with Crippen molar-refractivity contribution in [2.75, 3.05) is 18.5 Å². The maximum absolute atomic E-state index is 13.5. The van der Waals surface area contributed by atoms with Crippen LogP contribution in [-0.2, 0) is 25.7 Å². The molecule has 1 aliphatic carbocycles. The summed E-state index contributed by atoms with van der Waals surface area (Å²) < 4.78 is 68.6. The second-order valence-corrected chi connectivity index (χ2v) is 13.1. The van der Waals surface area contributed by atoms with Crippen LogP contribution in [0.2, 0.25) is 0 Å². The van der Waals surface area contributed by atoms with Gasteiger partial charge in [0.2, 0.25) is 15.9 Å². The Balaban J connectivity index is 1.69. The number of benzene rings is 2. The molecule has 4 amide bonds. The van der Waals surface area contributed by atoms with Crippen molar-refractivity contribution in [3.8, 4) is 0 Å². The second-order valence-electron chi connectivity index (χ2n) is 11.6. The van der Waals surface area contributed by atoms with Crippen LogP contribution >= 0.6 is 0 Å². The molecule has 2 aromatic carbocycles. The first kappa shape index (κ1) is 35.3. The van der Waals surface area contributed by atoms with Crippen LogP contribution in [0.5, 0.6) is 0 Å². The third-order valence-corrected chi connectivity index (χ3v) is 7.81. The van der Waals surface area contributed by atoms with Crippen LogP contribution in [0.1, 0.15) is 72.7 Å². The van der Waals surface area contributed by atoms with E-state index in [1.165, 1.54) is 31.3 Å². The number of carbonyl (C=O) groups excluding carboxylic acids is 4. The van der Waals surface area contributed by atoms with Gasteiger partial charge in [-0.3, -0.25) is 19.3 Å². The molecule has 1 aliphatic rings. The van der Waals surface area contributed by atoms with E-state index in [1.807, 2.05) is 0 Å². The van der Waals surface area contributed by atoms with E-state index < -0.39 is 75.4 Å². The predicted octanol–water partition coefficient (Wildman–Crippen LogP) is 3.31. The number of rotatable bonds is 8. The van der Waals surface area contributed by atoms with E-state index in [9.17, 15) is 40.8 Å². The van der Waals surface area contributed by atoms with E-state index in [0.717, 1.165) is 29.9 Å². The maximum Gasteiger partial charge on any atom is 0.416 e. The number of hydrogen-bond donors (Lipinski definition) is 4. The zero-order chi connectivity index (χ0) is 33.7. The Kier molecular flexibility index (Phi) is 10.9. The number of amides is 4. The van der Waals surface area contributed by atoms with Crippen molar-refractivity contribution >= 4 is 39.5 Å². The fourth-order valence-electron chi connectivity index (χ4n) is 4.65. The lowest BCUT2D eigenvalue weighted by Gasteiger charge is -2.33. The van der Waals surface area contributed by atoms with Gasteiger partial charge < -0.3 is 20.7 Å². The summed E-state index contributed by atoms with van der Waals surface area (Å²) in [6.07, 6.45) is -3.13. The number of hydrogen-bond acceptors (Lipinski definition) is 7. The Labute approximate surface area is 258 Å². The average molecular weight is 656 g/mol. The van der Waals surface area contributed by atoms with Crippen LogP contribution in [0, 0.1) is 0 Å². The summed E-state index contributed by atoms with van der Waals surface area (Å²) in [5.74, 6) is -2.18. The molecular weight excluding hydrogens is 619 g/mol. The van der Waals surface area contributed by atoms with E-state index in [1.54, 1.807) is 20.8 Å². The molecule has 2 atom stereocenters. The van der Waals surface area contributed by atoms with Crippen molar-refractivity contribution in [1.29, 1.82) is 0 Å². The van der Waals surface area contributed by atoms with Crippen molar-refractivity contribution in [2.24, 2.45) is 5.14 Å². The molecule has 2 aromatic rings. The highest BCUT2D eigenvalue weighted by Gasteiger charge is 2.34. The molecule has 0 aromatic heterocycles. The minimum absolute atomic E-state index is 0.155. The first-order valence-electron chi connectivity index (χ1n) is 14.0. The van der Waals surface area contributed by atoms with E-state index in [2.05, 4.69) is 16.0 Å². The Bertz CT molecular complexity index is 1540. The van der Waals surface area contributed by atoms with Gasteiger partial charge in [0.1, 0.15) is 5.60 Å². The third-order valence-electron chi connectivity index (χ3n) is 6.88. The summed E-state index contributed by atoms with van der Waals surface area (Å²) in [6.45, 7) is 4.22. The Morgan fingerprint density at radius 2 is 1.51 bits per heavy atom. The van der Waals surface area contributed by atoms with Gasteiger partial charge in [-0.25, -0.2) is 18.4 Å². The Morgan fingerprint density at radius 3 is 2.04 bits per heavy atom. The summed E-state index contributed by atoms with van der Waals surface area (Å²) in [6, 6.07) is 6.31. The lowest BCUT2D eigenvalue weighted by molar-refractivity contribution is -0.137. The standard InChI is InChI=1S/C29H36F3N5O7S/c1-28(2,3)44-27(41)37(4)23-14-11-18(29(30,31)32)15-20(23)26(40)34-16-24(38)35-21-7-5-6-8-22(21)36-25(39)17-9-12-19(13-10-17)45(33,42)43/h9-15,21-22H,5-8,16H2,1-4H3,(H,34,40)(H,35,38)(H,36,39)(H2,33,42,43). The molecule has 2 unspecified atom stereocenters. The molecule has 1 saturated carbocycles. The van der Waals surface area contributed by atoms with Crippen LogP contribution in [0.3, 0.4) is 0 Å². The number of halogens is 3. The van der Waals surface area contributed by atoms with Crippen LogP contribution in [0.25, 0.3) is 0 Å². The average Bonchev–Trinajstić information content (AvgIpc) is 2.94. The Morgan fingerprint density at radius 1 is 0.933 bits per heavy atom. The molecule has 45 heavy (non-hydrogen) atoms. The first-order chi connectivity index (χ1) is 20.8. The quantitative estimate of drug-likeness (QED) is 0.337. The molecule has 16 heteroatoms. The summed E-state index contributed by atoms with van der Waals surface area (Å²) in [7, 11) is -2.69. The van der Waals surface area contributed by atoms with Crippen molar-refractivity contribution in [1.82, 2.24) is 16.0 Å². The van der Waals surface area contributed by atoms with Gasteiger partial charge in [0, 0.05) is 24.7 Å². The molecule has 246 valence electrons. The predicted molar refractivity (Wildman–Crippen MR) is 158 cm³/mol. The highest BCUT2D eigenvalue weighted by atomic mass is 32.2. The van der Waals surface area contributed by atoms with E-state index in [4.69, 9.17) is 9.88 Å². The van der Waals surface area contributed by atoms with Crippen molar-refractivity contribution in [3.63, 3.8) is 0 Å². The molecule has 5 N–H and O–H groups in total. The van der Waals surface area contributed by atoms with Crippen LogP contribution in [0.4, 0.5) is 23.7 Å². The number of ether oxygens (including phenoxy) is 1. The summed E-state index contributed by atoms with van der Waals surface area (Å²) in [5, 5.41) is 13.0. The van der Waals surface area contributed by atoms with Gasteiger partial charge in [0.25, 0.3) is 11.8 Å². The number of nitrogens with one attached hydrogen (secondary N) is 3. The van der Waals surface area contributed by atoms with Crippen LogP contribution < -0.4 is 26.0 Å². The SMILES string of the molecule is CN(C(=O)OC(C)(C)C)c1ccc(C(F)(F)F)cc1C(=O)NCC(=O)NC1CCCCC1NC(=O)c1ccc(S(N)(=O)=O)cc1. The van der Waals surface area contributed by atoms with Gasteiger partial charge in [0.15, 0.2) is 0 Å². The topological polar surface area (TPSA) is 177 Å². The van der Waals surface area contributed by atoms with Crippen molar-refractivity contribution in [2.45, 2.75) is 75.2 Å². The number of alkyl halides is 3. The molecule has 0 bridgehead atoms. The number of carbonyl (C=O) groups is 4. The highest BCUT2D eigenvalue weighted by Crippen LogP contribution is 2.33. The molecule has 0 spiro atoms. The highest BCUT2D eigenvalue weighted by molar-refractivity contribution is 7.89. The zero-order valence-electron chi connectivity index (χ0n) is 25.2. The minimum Gasteiger partial charge on any atom is -0.443 e. The first-order valence-corrected chi connectivity index (χ1v) is 15.5. The molecule has 0 radical (unpaired) electrons. The van der Waals surface area contributed by atoms with Crippen molar-refractivity contribution < 1.29 is 45.5 Å². The molecule has 3 rings (SSSR count). The molecule has 0 heterocycles. The van der Waals surface area contributed by atoms with Gasteiger partial charge in [-0.1, -0.05) is 12.8 Å². The van der Waals surface area contributed by atoms with Gasteiger partial charge in [-0.15, -0.1) is 0 Å². The molecular formula is C29H36F3N5O7S. The smallest absolute Gasteiger partial charge is 0.416 e. The Hall–Kier alpha value is -4.18. The van der Waals surface area contributed by atoms with Crippen molar-refractivity contribution in [3.05, 3.63) is 59.2 Å². The largest absolute Gasteiger partial charge is 0.443 e. The van der Waals surface area contributed by atoms with Gasteiger partial charge >= 0.3 is 12.3 Å². The number of primary sulfonamides is 1. The summed E-state index contributed by atoms with van der Waals surface area (Å²) in [5.41, 5.74) is -2.52. The normalized spacial score (nSPS) is 17.2.